The van der Waals surface area contributed by atoms with Crippen molar-refractivity contribution in [3.8, 4) is 0 Å². The number of rotatable bonds is 4. The van der Waals surface area contributed by atoms with Crippen LogP contribution in [0.3, 0.4) is 0 Å². The van der Waals surface area contributed by atoms with E-state index in [0.717, 1.165) is 35.9 Å². The summed E-state index contributed by atoms with van der Waals surface area (Å²) in [6, 6.07) is 5.73. The van der Waals surface area contributed by atoms with Crippen LogP contribution in [0.4, 0.5) is 0 Å². The van der Waals surface area contributed by atoms with Crippen LogP contribution >= 0.6 is 0 Å². The van der Waals surface area contributed by atoms with Gasteiger partial charge in [0.2, 0.25) is 0 Å². The lowest BCUT2D eigenvalue weighted by molar-refractivity contribution is 0.0495. The Kier molecular flexibility index (Phi) is 4.69. The maximum absolute atomic E-state index is 12.4. The van der Waals surface area contributed by atoms with Crippen molar-refractivity contribution in [2.24, 2.45) is 0 Å². The fourth-order valence-electron chi connectivity index (χ4n) is 3.39. The van der Waals surface area contributed by atoms with Gasteiger partial charge in [0.05, 0.1) is 6.61 Å². The Hall–Kier alpha value is -2.14. The molecule has 0 radical (unpaired) electrons. The summed E-state index contributed by atoms with van der Waals surface area (Å²) in [5.41, 5.74) is 1.91. The third-order valence-electron chi connectivity index (χ3n) is 4.88. The molecule has 0 fully saturated rings. The highest BCUT2D eigenvalue weighted by Crippen LogP contribution is 2.38. The van der Waals surface area contributed by atoms with Crippen molar-refractivity contribution in [3.05, 3.63) is 45.3 Å². The molecule has 0 bridgehead atoms. The molecule has 1 atom stereocenters. The third-order valence-corrected chi connectivity index (χ3v) is 4.88. The first-order valence-corrected chi connectivity index (χ1v) is 8.87. The van der Waals surface area contributed by atoms with E-state index in [2.05, 4.69) is 26.1 Å². The van der Waals surface area contributed by atoms with Crippen LogP contribution in [0.1, 0.15) is 68.1 Å². The van der Waals surface area contributed by atoms with Crippen LogP contribution in [0, 0.1) is 0 Å². The monoisotopic (exact) mass is 343 g/mol. The molecule has 0 aliphatic carbocycles. The van der Waals surface area contributed by atoms with Gasteiger partial charge in [0, 0.05) is 29.0 Å². The third kappa shape index (κ3) is 3.21. The second kappa shape index (κ2) is 6.64. The normalized spacial score (nSPS) is 18.8. The molecule has 1 unspecified atom stereocenters. The second-order valence-corrected chi connectivity index (χ2v) is 7.37. The Morgan fingerprint density at radius 3 is 2.88 bits per heavy atom. The highest BCUT2D eigenvalue weighted by atomic mass is 16.5. The van der Waals surface area contributed by atoms with E-state index in [-0.39, 0.29) is 17.0 Å². The molecule has 0 amide bonds. The number of fused-ring (bicyclic) bond motifs is 3. The molecule has 25 heavy (non-hydrogen) atoms. The van der Waals surface area contributed by atoms with Crippen LogP contribution < -0.4 is 10.9 Å². The predicted molar refractivity (Wildman–Crippen MR) is 97.1 cm³/mol. The molecule has 2 aromatic rings. The summed E-state index contributed by atoms with van der Waals surface area (Å²) >= 11 is 0. The van der Waals surface area contributed by atoms with Crippen molar-refractivity contribution >= 4 is 16.9 Å². The number of carbonyl (C=O) groups excluding carboxylic acids is 1. The number of esters is 1. The lowest BCUT2D eigenvalue weighted by Crippen LogP contribution is -2.41. The van der Waals surface area contributed by atoms with Crippen molar-refractivity contribution in [1.29, 1.82) is 0 Å². The van der Waals surface area contributed by atoms with Crippen molar-refractivity contribution in [2.75, 3.05) is 13.2 Å². The van der Waals surface area contributed by atoms with Crippen LogP contribution in [0.2, 0.25) is 0 Å². The average molecular weight is 343 g/mol. The zero-order chi connectivity index (χ0) is 18.2. The number of unbranched alkanes of at least 4 members (excludes halogenated alkanes) is 1. The van der Waals surface area contributed by atoms with Gasteiger partial charge in [-0.15, -0.1) is 0 Å². The van der Waals surface area contributed by atoms with Crippen LogP contribution in [-0.2, 0) is 10.2 Å². The quantitative estimate of drug-likeness (QED) is 0.521. The molecule has 0 spiro atoms. The van der Waals surface area contributed by atoms with Crippen molar-refractivity contribution in [2.45, 2.75) is 52.0 Å². The summed E-state index contributed by atoms with van der Waals surface area (Å²) in [5.74, 6) is -0.615. The number of benzene rings is 1. The summed E-state index contributed by atoms with van der Waals surface area (Å²) in [7, 11) is 0. The number of ether oxygens (including phenoxy) is 1. The number of hydrogen-bond acceptors (Lipinski definition) is 5. The van der Waals surface area contributed by atoms with Gasteiger partial charge in [-0.2, -0.15) is 0 Å². The minimum atomic E-state index is -0.635. The minimum Gasteiger partial charge on any atom is -0.462 e. The zero-order valence-corrected chi connectivity index (χ0v) is 15.3. The number of nitrogens with one attached hydrogen (secondary N) is 1. The van der Waals surface area contributed by atoms with E-state index in [1.54, 1.807) is 6.07 Å². The molecule has 1 aromatic carbocycles. The van der Waals surface area contributed by atoms with E-state index in [9.17, 15) is 9.59 Å². The second-order valence-electron chi connectivity index (χ2n) is 7.37. The number of hydrogen-bond donors (Lipinski definition) is 1. The van der Waals surface area contributed by atoms with E-state index >= 15 is 0 Å². The fraction of sp³-hybridized carbons (Fsp3) is 0.500. The van der Waals surface area contributed by atoms with Gasteiger partial charge in [-0.25, -0.2) is 9.59 Å². The van der Waals surface area contributed by atoms with E-state index in [4.69, 9.17) is 9.15 Å². The summed E-state index contributed by atoms with van der Waals surface area (Å²) in [5, 5.41) is 4.22. The Morgan fingerprint density at radius 1 is 1.40 bits per heavy atom. The molecule has 134 valence electrons. The largest absolute Gasteiger partial charge is 0.462 e. The maximum atomic E-state index is 12.4. The van der Waals surface area contributed by atoms with E-state index < -0.39 is 11.6 Å². The standard InChI is InChI=1S/C20H25NO4/c1-5-6-9-24-18(22)15-10-13-7-8-14-12(2)21-11-20(3,4)16(14)17(13)25-19(15)23/h7-8,10,12,21H,5-6,9,11H2,1-4H3. The molecular weight excluding hydrogens is 318 g/mol. The zero-order valence-electron chi connectivity index (χ0n) is 15.3. The van der Waals surface area contributed by atoms with Gasteiger partial charge >= 0.3 is 11.6 Å². The molecule has 1 aliphatic rings. The van der Waals surface area contributed by atoms with Crippen molar-refractivity contribution in [3.63, 3.8) is 0 Å². The van der Waals surface area contributed by atoms with Gasteiger partial charge < -0.3 is 14.5 Å². The van der Waals surface area contributed by atoms with Gasteiger partial charge in [0.15, 0.2) is 0 Å². The lowest BCUT2D eigenvalue weighted by Gasteiger charge is -2.36. The van der Waals surface area contributed by atoms with Gasteiger partial charge in [-0.05, 0) is 25.0 Å². The van der Waals surface area contributed by atoms with Gasteiger partial charge in [0.1, 0.15) is 11.1 Å². The van der Waals surface area contributed by atoms with Crippen molar-refractivity contribution in [1.82, 2.24) is 5.32 Å². The Labute approximate surface area is 147 Å². The van der Waals surface area contributed by atoms with E-state index in [1.165, 1.54) is 0 Å². The Morgan fingerprint density at radius 2 is 2.16 bits per heavy atom. The molecule has 0 saturated heterocycles. The molecule has 0 saturated carbocycles. The highest BCUT2D eigenvalue weighted by molar-refractivity contribution is 5.94. The number of carbonyl (C=O) groups is 1. The SMILES string of the molecule is CCCCOC(=O)c1cc2ccc3c(c2oc1=O)C(C)(C)CNC3C. The average Bonchev–Trinajstić information content (AvgIpc) is 2.57. The lowest BCUT2D eigenvalue weighted by atomic mass is 9.76. The molecular formula is C20H25NO4. The summed E-state index contributed by atoms with van der Waals surface area (Å²) < 4.78 is 10.8. The minimum absolute atomic E-state index is 0.0386. The van der Waals surface area contributed by atoms with E-state index in [1.807, 2.05) is 19.1 Å². The smallest absolute Gasteiger partial charge is 0.351 e. The van der Waals surface area contributed by atoms with Crippen molar-refractivity contribution < 1.29 is 13.9 Å². The highest BCUT2D eigenvalue weighted by Gasteiger charge is 2.34. The predicted octanol–water partition coefficient (Wildman–Crippen LogP) is 3.69. The molecule has 1 aromatic heterocycles. The molecule has 2 heterocycles. The van der Waals surface area contributed by atoms with Crippen LogP contribution in [0.15, 0.2) is 27.4 Å². The van der Waals surface area contributed by atoms with E-state index in [0.29, 0.717) is 12.2 Å². The fourth-order valence-corrected chi connectivity index (χ4v) is 3.39. The molecule has 1 aliphatic heterocycles. The molecule has 1 N–H and O–H groups in total. The van der Waals surface area contributed by atoms with Crippen LogP contribution in [0.25, 0.3) is 11.0 Å². The Bertz CT molecular complexity index is 866. The first kappa shape index (κ1) is 17.7. The molecule has 5 nitrogen and oxygen atoms in total. The summed E-state index contributed by atoms with van der Waals surface area (Å²) in [4.78, 5) is 24.6. The first-order valence-electron chi connectivity index (χ1n) is 8.87. The molecule has 5 heteroatoms. The van der Waals surface area contributed by atoms with Crippen LogP contribution in [0.5, 0.6) is 0 Å². The summed E-state index contributed by atoms with van der Waals surface area (Å²) in [6.07, 6.45) is 1.70. The maximum Gasteiger partial charge on any atom is 0.351 e. The molecule has 3 rings (SSSR count). The van der Waals surface area contributed by atoms with Gasteiger partial charge in [-0.1, -0.05) is 39.3 Å². The Balaban J connectivity index is 2.10. The topological polar surface area (TPSA) is 68.5 Å². The summed E-state index contributed by atoms with van der Waals surface area (Å²) in [6.45, 7) is 9.46. The first-order chi connectivity index (χ1) is 11.8. The van der Waals surface area contributed by atoms with Gasteiger partial charge in [-0.3, -0.25) is 0 Å². The van der Waals surface area contributed by atoms with Crippen LogP contribution in [-0.4, -0.2) is 19.1 Å². The van der Waals surface area contributed by atoms with Gasteiger partial charge in [0.25, 0.3) is 0 Å².